The number of benzene rings is 1. The second-order valence-electron chi connectivity index (χ2n) is 3.25. The minimum atomic E-state index is -0.530. The van der Waals surface area contributed by atoms with Crippen LogP contribution in [0, 0.1) is 5.82 Å². The Hall–Kier alpha value is -1.29. The van der Waals surface area contributed by atoms with Crippen molar-refractivity contribution in [3.63, 3.8) is 0 Å². The van der Waals surface area contributed by atoms with E-state index in [0.717, 1.165) is 12.8 Å². The lowest BCUT2D eigenvalue weighted by Crippen LogP contribution is -2.01. The molecule has 2 N–H and O–H groups in total. The molecule has 1 aromatic carbocycles. The summed E-state index contributed by atoms with van der Waals surface area (Å²) in [7, 11) is 0. The van der Waals surface area contributed by atoms with Crippen molar-refractivity contribution in [1.82, 2.24) is 0 Å². The second-order valence-corrected chi connectivity index (χ2v) is 3.66. The number of ether oxygens (including phenoxy) is 1. The molecule has 0 aliphatic carbocycles. The molecular weight excluding hydrogens is 231 g/mol. The maximum absolute atomic E-state index is 13.8. The van der Waals surface area contributed by atoms with Gasteiger partial charge < -0.3 is 10.6 Å². The van der Waals surface area contributed by atoms with Crippen LogP contribution in [0.5, 0.6) is 5.75 Å². The standard InChI is InChI=1S/C11H14ClFN2O/c1-2-3-6-16-10-5-4-9(12)8(7-15-14)11(10)13/h4-5,7H,2-3,6,14H2,1H3. The third-order valence-electron chi connectivity index (χ3n) is 2.05. The predicted octanol–water partition coefficient (Wildman–Crippen LogP) is 2.95. The van der Waals surface area contributed by atoms with Gasteiger partial charge in [-0.15, -0.1) is 0 Å². The Morgan fingerprint density at radius 2 is 2.31 bits per heavy atom. The fraction of sp³-hybridized carbons (Fsp3) is 0.364. The van der Waals surface area contributed by atoms with Gasteiger partial charge in [-0.05, 0) is 18.6 Å². The second kappa shape index (κ2) is 6.33. The molecule has 0 aliphatic heterocycles. The van der Waals surface area contributed by atoms with Gasteiger partial charge in [0.2, 0.25) is 0 Å². The topological polar surface area (TPSA) is 47.6 Å². The first-order chi connectivity index (χ1) is 7.70. The van der Waals surface area contributed by atoms with E-state index in [1.807, 2.05) is 6.92 Å². The first kappa shape index (κ1) is 12.8. The lowest BCUT2D eigenvalue weighted by atomic mass is 10.2. The van der Waals surface area contributed by atoms with Crippen molar-refractivity contribution >= 4 is 17.8 Å². The highest BCUT2D eigenvalue weighted by atomic mass is 35.5. The Morgan fingerprint density at radius 1 is 1.56 bits per heavy atom. The molecule has 0 saturated heterocycles. The normalized spacial score (nSPS) is 10.9. The maximum Gasteiger partial charge on any atom is 0.175 e. The number of unbranched alkanes of at least 4 members (excludes halogenated alkanes) is 1. The van der Waals surface area contributed by atoms with E-state index in [4.69, 9.17) is 22.2 Å². The molecule has 1 rings (SSSR count). The number of halogens is 2. The summed E-state index contributed by atoms with van der Waals surface area (Å²) in [6, 6.07) is 3.06. The van der Waals surface area contributed by atoms with Gasteiger partial charge in [-0.3, -0.25) is 0 Å². The fourth-order valence-corrected chi connectivity index (χ4v) is 1.37. The van der Waals surface area contributed by atoms with Gasteiger partial charge in [-0.2, -0.15) is 5.10 Å². The van der Waals surface area contributed by atoms with Gasteiger partial charge in [0.05, 0.1) is 23.4 Å². The number of nitrogens with zero attached hydrogens (tertiary/aromatic N) is 1. The van der Waals surface area contributed by atoms with Gasteiger partial charge in [0.25, 0.3) is 0 Å². The number of hydrogen-bond donors (Lipinski definition) is 1. The van der Waals surface area contributed by atoms with Crippen molar-refractivity contribution < 1.29 is 9.13 Å². The van der Waals surface area contributed by atoms with E-state index in [2.05, 4.69) is 5.10 Å². The van der Waals surface area contributed by atoms with Crippen LogP contribution in [0.4, 0.5) is 4.39 Å². The Labute approximate surface area is 99.0 Å². The summed E-state index contributed by atoms with van der Waals surface area (Å²) in [4.78, 5) is 0. The van der Waals surface area contributed by atoms with Gasteiger partial charge in [0.15, 0.2) is 11.6 Å². The third kappa shape index (κ3) is 3.10. The monoisotopic (exact) mass is 244 g/mol. The smallest absolute Gasteiger partial charge is 0.175 e. The minimum Gasteiger partial charge on any atom is -0.490 e. The summed E-state index contributed by atoms with van der Waals surface area (Å²) in [5, 5.41) is 3.52. The molecule has 0 radical (unpaired) electrons. The van der Waals surface area contributed by atoms with Gasteiger partial charge in [0.1, 0.15) is 0 Å². The van der Waals surface area contributed by atoms with Crippen LogP contribution in [-0.2, 0) is 0 Å². The fourth-order valence-electron chi connectivity index (χ4n) is 1.18. The van der Waals surface area contributed by atoms with E-state index in [1.165, 1.54) is 12.3 Å². The Balaban J connectivity index is 2.90. The summed E-state index contributed by atoms with van der Waals surface area (Å²) >= 11 is 5.80. The van der Waals surface area contributed by atoms with Crippen LogP contribution in [0.25, 0.3) is 0 Å². The molecule has 0 bridgehead atoms. The molecule has 0 heterocycles. The predicted molar refractivity (Wildman–Crippen MR) is 63.6 cm³/mol. The number of hydrazone groups is 1. The van der Waals surface area contributed by atoms with Crippen molar-refractivity contribution in [2.75, 3.05) is 6.61 Å². The van der Waals surface area contributed by atoms with E-state index >= 15 is 0 Å². The Morgan fingerprint density at radius 3 is 2.94 bits per heavy atom. The highest BCUT2D eigenvalue weighted by Gasteiger charge is 2.11. The summed E-state index contributed by atoms with van der Waals surface area (Å²) < 4.78 is 19.1. The zero-order valence-electron chi connectivity index (χ0n) is 9.04. The summed E-state index contributed by atoms with van der Waals surface area (Å²) in [6.45, 7) is 2.52. The van der Waals surface area contributed by atoms with Crippen LogP contribution in [0.15, 0.2) is 17.2 Å². The SMILES string of the molecule is CCCCOc1ccc(Cl)c(C=NN)c1F. The van der Waals surface area contributed by atoms with Crippen molar-refractivity contribution in [3.8, 4) is 5.75 Å². The van der Waals surface area contributed by atoms with Crippen LogP contribution < -0.4 is 10.6 Å². The van der Waals surface area contributed by atoms with Crippen LogP contribution in [-0.4, -0.2) is 12.8 Å². The molecule has 5 heteroatoms. The average Bonchev–Trinajstić information content (AvgIpc) is 2.28. The molecule has 0 unspecified atom stereocenters. The molecule has 0 amide bonds. The number of rotatable bonds is 5. The van der Waals surface area contributed by atoms with Crippen molar-refractivity contribution in [2.24, 2.45) is 10.9 Å². The first-order valence-electron chi connectivity index (χ1n) is 5.04. The molecule has 3 nitrogen and oxygen atoms in total. The largest absolute Gasteiger partial charge is 0.490 e. The number of hydrogen-bond acceptors (Lipinski definition) is 3. The highest BCUT2D eigenvalue weighted by Crippen LogP contribution is 2.26. The quantitative estimate of drug-likeness (QED) is 0.375. The van der Waals surface area contributed by atoms with Crippen molar-refractivity contribution in [2.45, 2.75) is 19.8 Å². The van der Waals surface area contributed by atoms with Crippen molar-refractivity contribution in [3.05, 3.63) is 28.5 Å². The lowest BCUT2D eigenvalue weighted by molar-refractivity contribution is 0.294. The molecule has 0 aliphatic rings. The van der Waals surface area contributed by atoms with Crippen LogP contribution >= 0.6 is 11.6 Å². The van der Waals surface area contributed by atoms with E-state index in [-0.39, 0.29) is 16.3 Å². The highest BCUT2D eigenvalue weighted by molar-refractivity contribution is 6.33. The van der Waals surface area contributed by atoms with Crippen LogP contribution in [0.1, 0.15) is 25.3 Å². The molecule has 0 atom stereocenters. The number of nitrogens with two attached hydrogens (primary N) is 1. The molecular formula is C11H14ClFN2O. The van der Waals surface area contributed by atoms with E-state index in [9.17, 15) is 4.39 Å². The molecule has 0 aromatic heterocycles. The average molecular weight is 245 g/mol. The first-order valence-corrected chi connectivity index (χ1v) is 5.42. The zero-order valence-corrected chi connectivity index (χ0v) is 9.80. The summed E-state index contributed by atoms with van der Waals surface area (Å²) in [6.07, 6.45) is 3.04. The third-order valence-corrected chi connectivity index (χ3v) is 2.38. The van der Waals surface area contributed by atoms with Gasteiger partial charge >= 0.3 is 0 Å². The lowest BCUT2D eigenvalue weighted by Gasteiger charge is -2.08. The van der Waals surface area contributed by atoms with Gasteiger partial charge in [-0.1, -0.05) is 24.9 Å². The maximum atomic E-state index is 13.8. The van der Waals surface area contributed by atoms with Gasteiger partial charge in [0, 0.05) is 0 Å². The van der Waals surface area contributed by atoms with Crippen LogP contribution in [0.3, 0.4) is 0 Å². The molecule has 1 aromatic rings. The molecule has 0 fully saturated rings. The van der Waals surface area contributed by atoms with E-state index < -0.39 is 5.82 Å². The Bertz CT molecular complexity index is 382. The summed E-state index contributed by atoms with van der Waals surface area (Å²) in [5.74, 6) is 4.62. The van der Waals surface area contributed by atoms with Crippen LogP contribution in [0.2, 0.25) is 5.02 Å². The Kier molecular flexibility index (Phi) is 5.05. The van der Waals surface area contributed by atoms with Gasteiger partial charge in [-0.25, -0.2) is 4.39 Å². The van der Waals surface area contributed by atoms with Crippen molar-refractivity contribution in [1.29, 1.82) is 0 Å². The molecule has 16 heavy (non-hydrogen) atoms. The summed E-state index contributed by atoms with van der Waals surface area (Å²) in [5.41, 5.74) is 0.151. The molecule has 0 spiro atoms. The molecule has 88 valence electrons. The van der Waals surface area contributed by atoms with E-state index in [0.29, 0.717) is 6.61 Å². The van der Waals surface area contributed by atoms with E-state index in [1.54, 1.807) is 6.07 Å². The zero-order chi connectivity index (χ0) is 12.0. The molecule has 0 saturated carbocycles. The minimum absolute atomic E-state index is 0.151.